The predicted octanol–water partition coefficient (Wildman–Crippen LogP) is 3.02. The fourth-order valence-corrected chi connectivity index (χ4v) is 3.83. The molecule has 0 aliphatic rings. The molecular weight excluding hydrogens is 324 g/mol. The standard InChI is InChI=1S/C17H12N4O2S/c1-12-7-8-15(17-16(12)13(9-18)10-20-17)21(11-19)24(22,23)14-5-3-2-4-6-14/h2-8,10,20H,1H3. The van der Waals surface area contributed by atoms with E-state index in [4.69, 9.17) is 0 Å². The van der Waals surface area contributed by atoms with Crippen LogP contribution in [0.3, 0.4) is 0 Å². The third-order valence-corrected chi connectivity index (χ3v) is 5.36. The van der Waals surface area contributed by atoms with Gasteiger partial charge < -0.3 is 4.98 Å². The number of hydrogen-bond acceptors (Lipinski definition) is 4. The van der Waals surface area contributed by atoms with Gasteiger partial charge in [-0.2, -0.15) is 23.2 Å². The summed E-state index contributed by atoms with van der Waals surface area (Å²) in [5, 5.41) is 19.3. The molecule has 2 aromatic carbocycles. The summed E-state index contributed by atoms with van der Waals surface area (Å²) >= 11 is 0. The second-order valence-electron chi connectivity index (χ2n) is 5.15. The molecule has 0 bridgehead atoms. The minimum Gasteiger partial charge on any atom is -0.358 e. The van der Waals surface area contributed by atoms with Crippen LogP contribution in [0.2, 0.25) is 0 Å². The molecule has 0 saturated heterocycles. The van der Waals surface area contributed by atoms with Crippen LogP contribution in [-0.4, -0.2) is 13.4 Å². The fourth-order valence-electron chi connectivity index (χ4n) is 2.60. The van der Waals surface area contributed by atoms with Crippen molar-refractivity contribution >= 4 is 26.6 Å². The molecule has 118 valence electrons. The number of rotatable bonds is 3. The number of nitriles is 2. The SMILES string of the molecule is Cc1ccc(N(C#N)S(=O)(=O)c2ccccc2)c2[nH]cc(C#N)c12. The number of H-pyrrole nitrogens is 1. The average Bonchev–Trinajstić information content (AvgIpc) is 3.03. The zero-order chi connectivity index (χ0) is 17.3. The molecule has 0 unspecified atom stereocenters. The summed E-state index contributed by atoms with van der Waals surface area (Å²) in [6.45, 7) is 1.82. The Balaban J connectivity index is 2.27. The van der Waals surface area contributed by atoms with E-state index in [-0.39, 0.29) is 10.6 Å². The maximum absolute atomic E-state index is 12.8. The largest absolute Gasteiger partial charge is 0.358 e. The fraction of sp³-hybridized carbons (Fsp3) is 0.0588. The zero-order valence-electron chi connectivity index (χ0n) is 12.7. The Kier molecular flexibility index (Phi) is 3.72. The second kappa shape index (κ2) is 5.73. The Bertz CT molecular complexity index is 1100. The first-order valence-corrected chi connectivity index (χ1v) is 8.45. The molecule has 0 aliphatic carbocycles. The second-order valence-corrected chi connectivity index (χ2v) is 6.93. The van der Waals surface area contributed by atoms with Crippen molar-refractivity contribution in [2.24, 2.45) is 0 Å². The van der Waals surface area contributed by atoms with Gasteiger partial charge in [-0.15, -0.1) is 0 Å². The molecule has 7 heteroatoms. The number of hydrogen-bond donors (Lipinski definition) is 1. The van der Waals surface area contributed by atoms with Gasteiger partial charge in [0, 0.05) is 11.6 Å². The highest BCUT2D eigenvalue weighted by atomic mass is 32.2. The quantitative estimate of drug-likeness (QED) is 0.587. The molecule has 6 nitrogen and oxygen atoms in total. The number of aromatic nitrogens is 1. The maximum Gasteiger partial charge on any atom is 0.276 e. The van der Waals surface area contributed by atoms with Crippen LogP contribution in [0.4, 0.5) is 5.69 Å². The van der Waals surface area contributed by atoms with Crippen molar-refractivity contribution < 1.29 is 8.42 Å². The van der Waals surface area contributed by atoms with Crippen molar-refractivity contribution in [1.29, 1.82) is 10.5 Å². The van der Waals surface area contributed by atoms with E-state index in [1.807, 2.05) is 6.92 Å². The number of anilines is 1. The first-order valence-electron chi connectivity index (χ1n) is 7.01. The number of aryl methyl sites for hydroxylation is 1. The lowest BCUT2D eigenvalue weighted by atomic mass is 10.1. The van der Waals surface area contributed by atoms with E-state index in [9.17, 15) is 18.9 Å². The third kappa shape index (κ3) is 2.28. The molecule has 3 aromatic rings. The number of nitrogens with zero attached hydrogens (tertiary/aromatic N) is 3. The third-order valence-electron chi connectivity index (χ3n) is 3.73. The topological polar surface area (TPSA) is 101 Å². The summed E-state index contributed by atoms with van der Waals surface area (Å²) in [6.07, 6.45) is 3.24. The first kappa shape index (κ1) is 15.6. The highest BCUT2D eigenvalue weighted by molar-refractivity contribution is 7.93. The molecule has 1 aromatic heterocycles. The van der Waals surface area contributed by atoms with E-state index in [1.165, 1.54) is 18.3 Å². The van der Waals surface area contributed by atoms with E-state index in [0.717, 1.165) is 5.56 Å². The Hall–Kier alpha value is -3.29. The lowest BCUT2D eigenvalue weighted by Gasteiger charge is -2.17. The zero-order valence-corrected chi connectivity index (χ0v) is 13.5. The Morgan fingerprint density at radius 3 is 2.42 bits per heavy atom. The number of nitrogens with one attached hydrogen (secondary N) is 1. The summed E-state index contributed by atoms with van der Waals surface area (Å²) in [5.41, 5.74) is 1.84. The number of fused-ring (bicyclic) bond motifs is 1. The van der Waals surface area contributed by atoms with Crippen LogP contribution in [0.1, 0.15) is 11.1 Å². The normalized spacial score (nSPS) is 11.0. The molecule has 0 saturated carbocycles. The van der Waals surface area contributed by atoms with Crippen LogP contribution in [0, 0.1) is 29.7 Å². The van der Waals surface area contributed by atoms with Gasteiger partial charge in [0.1, 0.15) is 6.07 Å². The number of sulfonamides is 1. The van der Waals surface area contributed by atoms with Crippen LogP contribution in [0.25, 0.3) is 10.9 Å². The minimum absolute atomic E-state index is 0.0207. The lowest BCUT2D eigenvalue weighted by Crippen LogP contribution is -2.26. The van der Waals surface area contributed by atoms with Gasteiger partial charge in [-0.3, -0.25) is 0 Å². The van der Waals surface area contributed by atoms with E-state index in [1.54, 1.807) is 36.5 Å². The predicted molar refractivity (Wildman–Crippen MR) is 89.5 cm³/mol. The molecule has 0 atom stereocenters. The summed E-state index contributed by atoms with van der Waals surface area (Å²) in [4.78, 5) is 2.93. The molecule has 0 spiro atoms. The van der Waals surface area contributed by atoms with Crippen molar-refractivity contribution in [3.63, 3.8) is 0 Å². The van der Waals surface area contributed by atoms with Gasteiger partial charge in [0.05, 0.1) is 21.7 Å². The Morgan fingerprint density at radius 1 is 1.08 bits per heavy atom. The van der Waals surface area contributed by atoms with Gasteiger partial charge in [0.15, 0.2) is 6.19 Å². The molecule has 0 fully saturated rings. The lowest BCUT2D eigenvalue weighted by molar-refractivity contribution is 0.596. The molecule has 3 rings (SSSR count). The molecule has 0 aliphatic heterocycles. The number of aromatic amines is 1. The van der Waals surface area contributed by atoms with Gasteiger partial charge in [-0.25, -0.2) is 0 Å². The van der Waals surface area contributed by atoms with Gasteiger partial charge >= 0.3 is 0 Å². The van der Waals surface area contributed by atoms with Crippen LogP contribution >= 0.6 is 0 Å². The van der Waals surface area contributed by atoms with Gasteiger partial charge in [-0.05, 0) is 30.7 Å². The van der Waals surface area contributed by atoms with Gasteiger partial charge in [0.25, 0.3) is 10.0 Å². The Labute approximate surface area is 139 Å². The molecular formula is C17H12N4O2S. The van der Waals surface area contributed by atoms with Crippen LogP contribution in [0.5, 0.6) is 0 Å². The number of benzene rings is 2. The van der Waals surface area contributed by atoms with Crippen molar-refractivity contribution in [2.45, 2.75) is 11.8 Å². The first-order chi connectivity index (χ1) is 11.5. The minimum atomic E-state index is -4.04. The van der Waals surface area contributed by atoms with Crippen molar-refractivity contribution in [3.8, 4) is 12.3 Å². The van der Waals surface area contributed by atoms with E-state index < -0.39 is 10.0 Å². The average molecular weight is 336 g/mol. The van der Waals surface area contributed by atoms with Gasteiger partial charge in [-0.1, -0.05) is 24.3 Å². The summed E-state index contributed by atoms with van der Waals surface area (Å²) in [5.74, 6) is 0. The molecule has 0 amide bonds. The van der Waals surface area contributed by atoms with E-state index in [0.29, 0.717) is 20.8 Å². The summed E-state index contributed by atoms with van der Waals surface area (Å²) in [7, 11) is -4.04. The Morgan fingerprint density at radius 2 is 1.79 bits per heavy atom. The van der Waals surface area contributed by atoms with Crippen LogP contribution in [0.15, 0.2) is 53.6 Å². The monoisotopic (exact) mass is 336 g/mol. The van der Waals surface area contributed by atoms with E-state index >= 15 is 0 Å². The van der Waals surface area contributed by atoms with Crippen molar-refractivity contribution in [2.75, 3.05) is 4.31 Å². The molecule has 24 heavy (non-hydrogen) atoms. The van der Waals surface area contributed by atoms with Crippen molar-refractivity contribution in [3.05, 3.63) is 59.8 Å². The van der Waals surface area contributed by atoms with Crippen LogP contribution in [-0.2, 0) is 10.0 Å². The van der Waals surface area contributed by atoms with E-state index in [2.05, 4.69) is 11.1 Å². The molecule has 1 heterocycles. The summed E-state index contributed by atoms with van der Waals surface area (Å²) < 4.78 is 26.3. The highest BCUT2D eigenvalue weighted by Crippen LogP contribution is 2.33. The molecule has 1 N–H and O–H groups in total. The maximum atomic E-state index is 12.8. The smallest absolute Gasteiger partial charge is 0.276 e. The molecule has 0 radical (unpaired) electrons. The van der Waals surface area contributed by atoms with Crippen molar-refractivity contribution in [1.82, 2.24) is 4.98 Å². The highest BCUT2D eigenvalue weighted by Gasteiger charge is 2.27. The summed E-state index contributed by atoms with van der Waals surface area (Å²) in [6, 6.07) is 13.1. The van der Waals surface area contributed by atoms with Crippen LogP contribution < -0.4 is 4.31 Å². The van der Waals surface area contributed by atoms with Gasteiger partial charge in [0.2, 0.25) is 0 Å².